The van der Waals surface area contributed by atoms with Gasteiger partial charge in [0, 0.05) is 25.0 Å². The SMILES string of the molecule is O=C(Nc1ccc(Cl)c(C(F)(F)F)c1)c1cncc(N2CCCCC2)c1. The number of halogens is 4. The normalized spacial score (nSPS) is 15.0. The van der Waals surface area contributed by atoms with Gasteiger partial charge in [0.2, 0.25) is 0 Å². The number of piperidine rings is 1. The minimum atomic E-state index is -4.59. The van der Waals surface area contributed by atoms with Crippen LogP contribution in [0.3, 0.4) is 0 Å². The second-order valence-electron chi connectivity index (χ2n) is 6.13. The third kappa shape index (κ3) is 4.27. The second-order valence-corrected chi connectivity index (χ2v) is 6.53. The first-order valence-electron chi connectivity index (χ1n) is 8.23. The van der Waals surface area contributed by atoms with Crippen LogP contribution >= 0.6 is 11.6 Å². The monoisotopic (exact) mass is 383 g/mol. The molecule has 1 fully saturated rings. The molecule has 1 aliphatic heterocycles. The summed E-state index contributed by atoms with van der Waals surface area (Å²) in [4.78, 5) is 18.7. The highest BCUT2D eigenvalue weighted by atomic mass is 35.5. The lowest BCUT2D eigenvalue weighted by Crippen LogP contribution is -2.29. The Hall–Kier alpha value is -2.28. The zero-order chi connectivity index (χ0) is 18.7. The minimum Gasteiger partial charge on any atom is -0.370 e. The van der Waals surface area contributed by atoms with Crippen LogP contribution in [-0.4, -0.2) is 24.0 Å². The average molecular weight is 384 g/mol. The van der Waals surface area contributed by atoms with Crippen LogP contribution in [0.1, 0.15) is 35.2 Å². The number of benzene rings is 1. The van der Waals surface area contributed by atoms with Crippen LogP contribution in [0.25, 0.3) is 0 Å². The smallest absolute Gasteiger partial charge is 0.370 e. The molecule has 8 heteroatoms. The Bertz CT molecular complexity index is 805. The fourth-order valence-corrected chi connectivity index (χ4v) is 3.13. The molecule has 2 aromatic rings. The summed E-state index contributed by atoms with van der Waals surface area (Å²) in [7, 11) is 0. The van der Waals surface area contributed by atoms with E-state index < -0.39 is 22.7 Å². The maximum Gasteiger partial charge on any atom is 0.417 e. The van der Waals surface area contributed by atoms with Gasteiger partial charge in [0.15, 0.2) is 0 Å². The van der Waals surface area contributed by atoms with Gasteiger partial charge in [0.1, 0.15) is 0 Å². The molecule has 1 aromatic heterocycles. The van der Waals surface area contributed by atoms with Crippen LogP contribution < -0.4 is 10.2 Å². The summed E-state index contributed by atoms with van der Waals surface area (Å²) >= 11 is 5.59. The predicted octanol–water partition coefficient (Wildman–Crippen LogP) is 5.00. The van der Waals surface area contributed by atoms with E-state index in [2.05, 4.69) is 15.2 Å². The highest BCUT2D eigenvalue weighted by Crippen LogP contribution is 2.36. The van der Waals surface area contributed by atoms with E-state index >= 15 is 0 Å². The molecule has 0 aliphatic carbocycles. The lowest BCUT2D eigenvalue weighted by atomic mass is 10.1. The van der Waals surface area contributed by atoms with Crippen LogP contribution in [0.2, 0.25) is 5.02 Å². The molecule has 0 radical (unpaired) electrons. The Morgan fingerprint density at radius 2 is 1.85 bits per heavy atom. The van der Waals surface area contributed by atoms with Crippen LogP contribution in [0, 0.1) is 0 Å². The molecule has 0 unspecified atom stereocenters. The first-order valence-corrected chi connectivity index (χ1v) is 8.60. The molecule has 0 saturated carbocycles. The number of rotatable bonds is 3. The van der Waals surface area contributed by atoms with Gasteiger partial charge >= 0.3 is 6.18 Å². The van der Waals surface area contributed by atoms with Gasteiger partial charge in [-0.1, -0.05) is 11.6 Å². The van der Waals surface area contributed by atoms with Crippen LogP contribution in [0.4, 0.5) is 24.5 Å². The molecule has 1 amide bonds. The molecular weight excluding hydrogens is 367 g/mol. The van der Waals surface area contributed by atoms with E-state index in [9.17, 15) is 18.0 Å². The van der Waals surface area contributed by atoms with Gasteiger partial charge < -0.3 is 10.2 Å². The van der Waals surface area contributed by atoms with Crippen molar-refractivity contribution in [3.05, 3.63) is 52.8 Å². The Balaban J connectivity index is 1.78. The van der Waals surface area contributed by atoms with Crippen molar-refractivity contribution >= 4 is 28.9 Å². The molecule has 3 rings (SSSR count). The van der Waals surface area contributed by atoms with E-state index in [0.29, 0.717) is 0 Å². The van der Waals surface area contributed by atoms with Crippen molar-refractivity contribution < 1.29 is 18.0 Å². The topological polar surface area (TPSA) is 45.2 Å². The number of aromatic nitrogens is 1. The standard InChI is InChI=1S/C18H17ClF3N3O/c19-16-5-4-13(9-15(16)18(20,21)22)24-17(26)12-8-14(11-23-10-12)25-6-2-1-3-7-25/h4-5,8-11H,1-3,6-7H2,(H,24,26). The summed E-state index contributed by atoms with van der Waals surface area (Å²) in [6.45, 7) is 1.80. The molecule has 0 spiro atoms. The highest BCUT2D eigenvalue weighted by Gasteiger charge is 2.33. The van der Waals surface area contributed by atoms with Gasteiger partial charge in [-0.25, -0.2) is 0 Å². The lowest BCUT2D eigenvalue weighted by Gasteiger charge is -2.28. The van der Waals surface area contributed by atoms with Crippen LogP contribution in [-0.2, 0) is 6.18 Å². The molecule has 4 nitrogen and oxygen atoms in total. The van der Waals surface area contributed by atoms with Gasteiger partial charge in [-0.2, -0.15) is 13.2 Å². The Morgan fingerprint density at radius 3 is 2.54 bits per heavy atom. The number of hydrogen-bond acceptors (Lipinski definition) is 3. The largest absolute Gasteiger partial charge is 0.417 e. The van der Waals surface area contributed by atoms with E-state index in [0.717, 1.165) is 43.8 Å². The first kappa shape index (κ1) is 18.5. The Kier molecular flexibility index (Phi) is 5.36. The summed E-state index contributed by atoms with van der Waals surface area (Å²) in [5, 5.41) is 2.06. The van der Waals surface area contributed by atoms with Crippen molar-refractivity contribution in [1.82, 2.24) is 4.98 Å². The number of anilines is 2. The molecule has 0 bridgehead atoms. The summed E-state index contributed by atoms with van der Waals surface area (Å²) in [5.74, 6) is -0.521. The van der Waals surface area contributed by atoms with Crippen molar-refractivity contribution in [1.29, 1.82) is 0 Å². The number of alkyl halides is 3. The van der Waals surface area contributed by atoms with Gasteiger partial charge in [0.05, 0.1) is 28.0 Å². The average Bonchev–Trinajstić information content (AvgIpc) is 2.63. The maximum absolute atomic E-state index is 12.9. The summed E-state index contributed by atoms with van der Waals surface area (Å²) < 4.78 is 38.8. The number of carbonyl (C=O) groups is 1. The van der Waals surface area contributed by atoms with Crippen LogP contribution in [0.5, 0.6) is 0 Å². The molecular formula is C18H17ClF3N3O. The Morgan fingerprint density at radius 1 is 1.12 bits per heavy atom. The van der Waals surface area contributed by atoms with Gasteiger partial charge in [-0.3, -0.25) is 9.78 Å². The molecule has 26 heavy (non-hydrogen) atoms. The van der Waals surface area contributed by atoms with Gasteiger partial charge in [-0.05, 0) is 43.5 Å². The maximum atomic E-state index is 12.9. The van der Waals surface area contributed by atoms with Gasteiger partial charge in [-0.15, -0.1) is 0 Å². The first-order chi connectivity index (χ1) is 12.3. The number of nitrogens with one attached hydrogen (secondary N) is 1. The van der Waals surface area contributed by atoms with E-state index in [4.69, 9.17) is 11.6 Å². The molecule has 1 N–H and O–H groups in total. The lowest BCUT2D eigenvalue weighted by molar-refractivity contribution is -0.137. The van der Waals surface area contributed by atoms with E-state index in [1.165, 1.54) is 18.7 Å². The summed E-state index contributed by atoms with van der Waals surface area (Å²) in [6, 6.07) is 4.97. The van der Waals surface area contributed by atoms with Crippen molar-refractivity contribution in [3.63, 3.8) is 0 Å². The summed E-state index contributed by atoms with van der Waals surface area (Å²) in [6.07, 6.45) is 1.84. The zero-order valence-corrected chi connectivity index (χ0v) is 14.6. The number of amides is 1. The fourth-order valence-electron chi connectivity index (χ4n) is 2.90. The van der Waals surface area contributed by atoms with Crippen molar-refractivity contribution in [2.45, 2.75) is 25.4 Å². The molecule has 1 aromatic carbocycles. The van der Waals surface area contributed by atoms with E-state index in [-0.39, 0.29) is 11.3 Å². The molecule has 1 saturated heterocycles. The van der Waals surface area contributed by atoms with Gasteiger partial charge in [0.25, 0.3) is 5.91 Å². The number of carbonyl (C=O) groups excluding carboxylic acids is 1. The van der Waals surface area contributed by atoms with E-state index in [1.807, 2.05) is 0 Å². The second kappa shape index (κ2) is 7.53. The van der Waals surface area contributed by atoms with Crippen LogP contribution in [0.15, 0.2) is 36.7 Å². The number of hydrogen-bond donors (Lipinski definition) is 1. The van der Waals surface area contributed by atoms with Crippen molar-refractivity contribution in [3.8, 4) is 0 Å². The number of nitrogens with zero attached hydrogens (tertiary/aromatic N) is 2. The molecule has 1 aliphatic rings. The molecule has 0 atom stereocenters. The third-order valence-electron chi connectivity index (χ3n) is 4.24. The van der Waals surface area contributed by atoms with E-state index in [1.54, 1.807) is 12.3 Å². The van der Waals surface area contributed by atoms with Crippen molar-refractivity contribution in [2.24, 2.45) is 0 Å². The summed E-state index contributed by atoms with van der Waals surface area (Å²) in [5.41, 5.74) is 0.160. The zero-order valence-electron chi connectivity index (χ0n) is 13.8. The third-order valence-corrected chi connectivity index (χ3v) is 4.57. The molecule has 138 valence electrons. The highest BCUT2D eigenvalue weighted by molar-refractivity contribution is 6.31. The van der Waals surface area contributed by atoms with Crippen molar-refractivity contribution in [2.75, 3.05) is 23.3 Å². The quantitative estimate of drug-likeness (QED) is 0.811. The Labute approximate surface area is 154 Å². The minimum absolute atomic E-state index is 0.0232. The fraction of sp³-hybridized carbons (Fsp3) is 0.333. The number of pyridine rings is 1. The predicted molar refractivity (Wildman–Crippen MR) is 94.7 cm³/mol. The molecule has 2 heterocycles.